The van der Waals surface area contributed by atoms with Gasteiger partial charge < -0.3 is 19.5 Å². The molecule has 1 N–H and O–H groups in total. The molecule has 0 aromatic heterocycles. The van der Waals surface area contributed by atoms with Gasteiger partial charge in [0.25, 0.3) is 0 Å². The van der Waals surface area contributed by atoms with E-state index in [1.54, 1.807) is 14.2 Å². The molecule has 2 aromatic rings. The van der Waals surface area contributed by atoms with E-state index in [1.807, 2.05) is 43.3 Å². The predicted octanol–water partition coefficient (Wildman–Crippen LogP) is 4.44. The topological polar surface area (TPSA) is 39.7 Å². The molecule has 0 fully saturated rings. The van der Waals surface area contributed by atoms with Crippen molar-refractivity contribution >= 4 is 5.69 Å². The van der Waals surface area contributed by atoms with Crippen molar-refractivity contribution in [3.63, 3.8) is 0 Å². The number of anilines is 1. The van der Waals surface area contributed by atoms with Gasteiger partial charge in [-0.3, -0.25) is 0 Å². The van der Waals surface area contributed by atoms with Crippen LogP contribution in [0.25, 0.3) is 0 Å². The first kappa shape index (κ1) is 17.7. The third kappa shape index (κ3) is 4.44. The summed E-state index contributed by atoms with van der Waals surface area (Å²) in [6.45, 7) is 7.15. The van der Waals surface area contributed by atoms with Crippen molar-refractivity contribution in [2.45, 2.75) is 19.9 Å². The van der Waals surface area contributed by atoms with E-state index in [1.165, 1.54) is 0 Å². The normalized spacial score (nSPS) is 10.1. The zero-order chi connectivity index (χ0) is 17.4. The van der Waals surface area contributed by atoms with Crippen molar-refractivity contribution in [2.75, 3.05) is 26.1 Å². The minimum absolute atomic E-state index is 0.671. The smallest absolute Gasteiger partial charge is 0.164 e. The molecule has 0 saturated heterocycles. The summed E-state index contributed by atoms with van der Waals surface area (Å²) in [6, 6.07) is 12.1. The maximum Gasteiger partial charge on any atom is 0.164 e. The van der Waals surface area contributed by atoms with E-state index >= 15 is 0 Å². The minimum Gasteiger partial charge on any atom is -0.494 e. The largest absolute Gasteiger partial charge is 0.494 e. The van der Waals surface area contributed by atoms with Gasteiger partial charge in [0.1, 0.15) is 5.75 Å². The third-order valence-corrected chi connectivity index (χ3v) is 3.64. The van der Waals surface area contributed by atoms with Crippen molar-refractivity contribution in [2.24, 2.45) is 0 Å². The van der Waals surface area contributed by atoms with Gasteiger partial charge in [0.2, 0.25) is 0 Å². The summed E-state index contributed by atoms with van der Waals surface area (Å²) in [5.41, 5.74) is 3.23. The third-order valence-electron chi connectivity index (χ3n) is 3.64. The van der Waals surface area contributed by atoms with Gasteiger partial charge in [-0.1, -0.05) is 6.08 Å². The highest BCUT2D eigenvalue weighted by atomic mass is 16.5. The van der Waals surface area contributed by atoms with Gasteiger partial charge in [-0.15, -0.1) is 6.58 Å². The molecule has 4 nitrogen and oxygen atoms in total. The van der Waals surface area contributed by atoms with E-state index in [9.17, 15) is 0 Å². The fraction of sp³-hybridized carbons (Fsp3) is 0.300. The maximum atomic E-state index is 5.47. The summed E-state index contributed by atoms with van der Waals surface area (Å²) in [7, 11) is 3.31. The molecular weight excluding hydrogens is 302 g/mol. The van der Waals surface area contributed by atoms with Crippen molar-refractivity contribution in [3.05, 3.63) is 60.2 Å². The molecule has 0 spiro atoms. The van der Waals surface area contributed by atoms with E-state index in [0.717, 1.165) is 40.5 Å². The van der Waals surface area contributed by atoms with Crippen molar-refractivity contribution in [1.29, 1.82) is 0 Å². The Morgan fingerprint density at radius 2 is 1.83 bits per heavy atom. The van der Waals surface area contributed by atoms with Crippen LogP contribution in [0.2, 0.25) is 0 Å². The van der Waals surface area contributed by atoms with Crippen molar-refractivity contribution in [3.8, 4) is 17.2 Å². The van der Waals surface area contributed by atoms with Crippen LogP contribution < -0.4 is 19.5 Å². The van der Waals surface area contributed by atoms with Crippen LogP contribution in [0.4, 0.5) is 5.69 Å². The number of rotatable bonds is 9. The van der Waals surface area contributed by atoms with E-state index in [2.05, 4.69) is 18.0 Å². The average Bonchev–Trinajstić information content (AvgIpc) is 2.61. The summed E-state index contributed by atoms with van der Waals surface area (Å²) in [5, 5.41) is 3.41. The molecular formula is C20H25NO3. The average molecular weight is 327 g/mol. The van der Waals surface area contributed by atoms with E-state index in [0.29, 0.717) is 13.2 Å². The lowest BCUT2D eigenvalue weighted by Gasteiger charge is -2.15. The van der Waals surface area contributed by atoms with Crippen molar-refractivity contribution < 1.29 is 14.2 Å². The molecule has 0 saturated carbocycles. The van der Waals surface area contributed by atoms with Gasteiger partial charge in [-0.2, -0.15) is 0 Å². The molecule has 128 valence electrons. The Labute approximate surface area is 144 Å². The van der Waals surface area contributed by atoms with Gasteiger partial charge in [0, 0.05) is 17.8 Å². The molecule has 0 heterocycles. The first-order chi connectivity index (χ1) is 11.7. The van der Waals surface area contributed by atoms with Crippen LogP contribution >= 0.6 is 0 Å². The zero-order valence-corrected chi connectivity index (χ0v) is 14.6. The number of methoxy groups -OCH3 is 2. The second-order valence-electron chi connectivity index (χ2n) is 5.29. The highest BCUT2D eigenvalue weighted by Crippen LogP contribution is 2.33. The Bertz CT molecular complexity index is 665. The molecule has 2 rings (SSSR count). The summed E-state index contributed by atoms with van der Waals surface area (Å²) in [4.78, 5) is 0. The number of nitrogens with one attached hydrogen (secondary N) is 1. The van der Waals surface area contributed by atoms with Crippen LogP contribution in [0.1, 0.15) is 18.1 Å². The minimum atomic E-state index is 0.671. The van der Waals surface area contributed by atoms with Crippen LogP contribution in [0, 0.1) is 0 Å². The van der Waals surface area contributed by atoms with E-state index in [-0.39, 0.29) is 0 Å². The second-order valence-corrected chi connectivity index (χ2v) is 5.29. The highest BCUT2D eigenvalue weighted by molar-refractivity contribution is 5.52. The number of allylic oxidation sites excluding steroid dienone is 1. The van der Waals surface area contributed by atoms with Crippen LogP contribution in [0.3, 0.4) is 0 Å². The molecule has 0 unspecified atom stereocenters. The second kappa shape index (κ2) is 8.87. The Morgan fingerprint density at radius 1 is 1.08 bits per heavy atom. The van der Waals surface area contributed by atoms with Gasteiger partial charge in [-0.25, -0.2) is 0 Å². The summed E-state index contributed by atoms with van der Waals surface area (Å²) >= 11 is 0. The van der Waals surface area contributed by atoms with Gasteiger partial charge >= 0.3 is 0 Å². The molecule has 0 bridgehead atoms. The van der Waals surface area contributed by atoms with Crippen LogP contribution in [-0.4, -0.2) is 20.8 Å². The lowest BCUT2D eigenvalue weighted by Crippen LogP contribution is -2.03. The fourth-order valence-corrected chi connectivity index (χ4v) is 2.56. The molecule has 0 amide bonds. The van der Waals surface area contributed by atoms with Crippen LogP contribution in [-0.2, 0) is 13.0 Å². The van der Waals surface area contributed by atoms with Gasteiger partial charge in [0.15, 0.2) is 11.5 Å². The first-order valence-corrected chi connectivity index (χ1v) is 8.03. The maximum absolute atomic E-state index is 5.47. The van der Waals surface area contributed by atoms with Crippen molar-refractivity contribution in [1.82, 2.24) is 0 Å². The number of benzene rings is 2. The highest BCUT2D eigenvalue weighted by Gasteiger charge is 2.11. The SMILES string of the molecule is C=CCc1cc(CNc2ccc(OCC)cc2)cc(OC)c1OC. The lowest BCUT2D eigenvalue weighted by atomic mass is 10.1. The molecule has 24 heavy (non-hydrogen) atoms. The molecule has 0 radical (unpaired) electrons. The lowest BCUT2D eigenvalue weighted by molar-refractivity contribution is 0.340. The zero-order valence-electron chi connectivity index (χ0n) is 14.6. The summed E-state index contributed by atoms with van der Waals surface area (Å²) < 4.78 is 16.4. The monoisotopic (exact) mass is 327 g/mol. The Morgan fingerprint density at radius 3 is 2.42 bits per heavy atom. The van der Waals surface area contributed by atoms with Crippen LogP contribution in [0.5, 0.6) is 17.2 Å². The summed E-state index contributed by atoms with van der Waals surface area (Å²) in [6.07, 6.45) is 2.59. The number of hydrogen-bond acceptors (Lipinski definition) is 4. The molecule has 0 aliphatic rings. The predicted molar refractivity (Wildman–Crippen MR) is 98.4 cm³/mol. The summed E-state index contributed by atoms with van der Waals surface area (Å²) in [5.74, 6) is 2.38. The Hall–Kier alpha value is -2.62. The van der Waals surface area contributed by atoms with Crippen LogP contribution in [0.15, 0.2) is 49.1 Å². The van der Waals surface area contributed by atoms with E-state index < -0.39 is 0 Å². The molecule has 0 aliphatic carbocycles. The Balaban J connectivity index is 2.13. The van der Waals surface area contributed by atoms with Gasteiger partial charge in [-0.05, 0) is 55.3 Å². The molecule has 0 aliphatic heterocycles. The van der Waals surface area contributed by atoms with E-state index in [4.69, 9.17) is 14.2 Å². The quantitative estimate of drug-likeness (QED) is 0.691. The van der Waals surface area contributed by atoms with Gasteiger partial charge in [0.05, 0.1) is 20.8 Å². The molecule has 2 aromatic carbocycles. The Kier molecular flexibility index (Phi) is 6.55. The number of ether oxygens (including phenoxy) is 3. The molecule has 0 atom stereocenters. The number of hydrogen-bond donors (Lipinski definition) is 1. The fourth-order valence-electron chi connectivity index (χ4n) is 2.56. The standard InChI is InChI=1S/C20H25NO3/c1-5-7-16-12-15(13-19(22-3)20(16)23-4)14-21-17-8-10-18(11-9-17)24-6-2/h5,8-13,21H,1,6-7,14H2,2-4H3. The first-order valence-electron chi connectivity index (χ1n) is 8.03. The molecule has 4 heteroatoms.